The molecule has 1 saturated carbocycles. The summed E-state index contributed by atoms with van der Waals surface area (Å²) in [6.45, 7) is -0.00347. The van der Waals surface area contributed by atoms with E-state index in [-0.39, 0.29) is 17.1 Å². The van der Waals surface area contributed by atoms with Crippen LogP contribution < -0.4 is 0 Å². The van der Waals surface area contributed by atoms with E-state index in [9.17, 15) is 10.1 Å². The number of rotatable bonds is 3. The van der Waals surface area contributed by atoms with Crippen LogP contribution in [-0.4, -0.2) is 27.6 Å². The lowest BCUT2D eigenvalue weighted by Gasteiger charge is -2.37. The maximum absolute atomic E-state index is 10.1. The fraction of sp³-hybridized carbons (Fsp3) is 1.00. The summed E-state index contributed by atoms with van der Waals surface area (Å²) in [7, 11) is 0.609. The van der Waals surface area contributed by atoms with Crippen molar-refractivity contribution in [2.75, 3.05) is 6.54 Å². The van der Waals surface area contributed by atoms with Gasteiger partial charge in [-0.3, -0.25) is 10.1 Å². The third-order valence-electron chi connectivity index (χ3n) is 2.12. The average molecular weight is 161 g/mol. The summed E-state index contributed by atoms with van der Waals surface area (Å²) in [6, 6.07) is 0. The Kier molecular flexibility index (Phi) is 2.05. The molecule has 0 spiro atoms. The highest BCUT2D eigenvalue weighted by atomic mass is 28.2. The minimum atomic E-state index is -0.351. The Labute approximate surface area is 62.3 Å². The summed E-state index contributed by atoms with van der Waals surface area (Å²) < 4.78 is 5.18. The molecule has 0 unspecified atom stereocenters. The normalized spacial score (nSPS) is 22.0. The zero-order valence-corrected chi connectivity index (χ0v) is 8.00. The second-order valence-corrected chi connectivity index (χ2v) is 3.14. The fourth-order valence-corrected chi connectivity index (χ4v) is 1.77. The van der Waals surface area contributed by atoms with Gasteiger partial charge in [0.25, 0.3) is 0 Å². The van der Waals surface area contributed by atoms with E-state index < -0.39 is 0 Å². The summed E-state index contributed by atoms with van der Waals surface area (Å²) in [5.41, 5.74) is -0.351. The van der Waals surface area contributed by atoms with Gasteiger partial charge in [0.05, 0.1) is 0 Å². The smallest absolute Gasteiger partial charge is 0.231 e. The molecule has 0 atom stereocenters. The van der Waals surface area contributed by atoms with Gasteiger partial charge in [-0.2, -0.15) is 0 Å². The van der Waals surface area contributed by atoms with Crippen LogP contribution in [0.4, 0.5) is 0 Å². The number of nitrogens with zero attached hydrogens (tertiary/aromatic N) is 1. The van der Waals surface area contributed by atoms with Crippen LogP contribution in [0.5, 0.6) is 0 Å². The van der Waals surface area contributed by atoms with E-state index in [1.807, 2.05) is 0 Å². The first-order valence-electron chi connectivity index (χ1n) is 3.35. The topological polar surface area (TPSA) is 52.4 Å². The van der Waals surface area contributed by atoms with Crippen molar-refractivity contribution in [2.24, 2.45) is 0 Å². The van der Waals surface area contributed by atoms with Gasteiger partial charge in [0.15, 0.2) is 0 Å². The molecular weight excluding hydrogens is 150 g/mol. The lowest BCUT2D eigenvalue weighted by atomic mass is 9.80. The second kappa shape index (κ2) is 2.67. The van der Waals surface area contributed by atoms with Crippen molar-refractivity contribution in [3.63, 3.8) is 0 Å². The summed E-state index contributed by atoms with van der Waals surface area (Å²) in [5.74, 6) is 0. The molecule has 0 bridgehead atoms. The van der Waals surface area contributed by atoms with Gasteiger partial charge in [0, 0.05) is 4.92 Å². The summed E-state index contributed by atoms with van der Waals surface area (Å²) in [4.78, 5) is 9.83. The molecule has 0 aromatic rings. The molecule has 0 N–H and O–H groups in total. The maximum Gasteiger partial charge on any atom is 0.231 e. The van der Waals surface area contributed by atoms with Crippen LogP contribution in [0.25, 0.3) is 0 Å². The number of hydrogen-bond acceptors (Lipinski definition) is 3. The molecule has 1 aliphatic carbocycles. The van der Waals surface area contributed by atoms with Crippen LogP contribution >= 0.6 is 0 Å². The highest BCUT2D eigenvalue weighted by Crippen LogP contribution is 2.34. The molecular formula is C5H11NO3Si. The van der Waals surface area contributed by atoms with Crippen LogP contribution in [0.3, 0.4) is 0 Å². The SMILES string of the molecule is O=[N+]([O-])CC1(O[SiH3])CCC1. The largest absolute Gasteiger partial charge is 0.416 e. The van der Waals surface area contributed by atoms with Gasteiger partial charge in [-0.05, 0) is 19.3 Å². The molecule has 0 radical (unpaired) electrons. The zero-order chi connectivity index (χ0) is 7.61. The Morgan fingerprint density at radius 3 is 2.40 bits per heavy atom. The highest BCUT2D eigenvalue weighted by molar-refractivity contribution is 5.98. The predicted octanol–water partition coefficient (Wildman–Crippen LogP) is -0.517. The quantitative estimate of drug-likeness (QED) is 0.318. The Bertz CT molecular complexity index is 140. The van der Waals surface area contributed by atoms with E-state index in [4.69, 9.17) is 4.43 Å². The molecule has 5 heteroatoms. The van der Waals surface area contributed by atoms with Crippen molar-refractivity contribution in [1.29, 1.82) is 0 Å². The van der Waals surface area contributed by atoms with Gasteiger partial charge in [-0.15, -0.1) is 0 Å². The van der Waals surface area contributed by atoms with E-state index in [0.29, 0.717) is 10.5 Å². The van der Waals surface area contributed by atoms with E-state index in [2.05, 4.69) is 0 Å². The Morgan fingerprint density at radius 2 is 2.30 bits per heavy atom. The van der Waals surface area contributed by atoms with Crippen molar-refractivity contribution in [1.82, 2.24) is 0 Å². The third-order valence-corrected chi connectivity index (χ3v) is 2.98. The minimum absolute atomic E-state index is 0.00347. The van der Waals surface area contributed by atoms with Crippen molar-refractivity contribution >= 4 is 10.5 Å². The third kappa shape index (κ3) is 1.35. The first-order chi connectivity index (χ1) is 4.68. The predicted molar refractivity (Wildman–Crippen MR) is 39.5 cm³/mol. The first kappa shape index (κ1) is 7.68. The molecule has 4 nitrogen and oxygen atoms in total. The monoisotopic (exact) mass is 161 g/mol. The van der Waals surface area contributed by atoms with E-state index in [1.54, 1.807) is 0 Å². The zero-order valence-electron chi connectivity index (χ0n) is 6.00. The molecule has 10 heavy (non-hydrogen) atoms. The molecule has 1 aliphatic rings. The van der Waals surface area contributed by atoms with Crippen LogP contribution in [-0.2, 0) is 4.43 Å². The lowest BCUT2D eigenvalue weighted by Crippen LogP contribution is -2.45. The maximum atomic E-state index is 10.1. The van der Waals surface area contributed by atoms with Crippen molar-refractivity contribution in [2.45, 2.75) is 24.9 Å². The number of hydrogen-bond donors (Lipinski definition) is 0. The van der Waals surface area contributed by atoms with Gasteiger partial charge in [-0.25, -0.2) is 0 Å². The Balaban J connectivity index is 2.40. The van der Waals surface area contributed by atoms with Crippen LogP contribution in [0.15, 0.2) is 0 Å². The molecule has 1 rings (SSSR count). The van der Waals surface area contributed by atoms with Crippen molar-refractivity contribution in [3.05, 3.63) is 10.1 Å². The summed E-state index contributed by atoms with van der Waals surface area (Å²) in [6.07, 6.45) is 2.82. The lowest BCUT2D eigenvalue weighted by molar-refractivity contribution is -0.503. The van der Waals surface area contributed by atoms with Crippen LogP contribution in [0, 0.1) is 10.1 Å². The van der Waals surface area contributed by atoms with Crippen molar-refractivity contribution in [3.8, 4) is 0 Å². The van der Waals surface area contributed by atoms with Crippen molar-refractivity contribution < 1.29 is 9.35 Å². The average Bonchev–Trinajstić information content (AvgIpc) is 1.78. The molecule has 1 fully saturated rings. The standard InChI is InChI=1S/C5H11NO3Si/c7-6(8)4-5(9-10)2-1-3-5/h1-4H2,10H3. The molecule has 0 amide bonds. The van der Waals surface area contributed by atoms with Gasteiger partial charge in [0.2, 0.25) is 6.54 Å². The fourth-order valence-electron chi connectivity index (χ4n) is 1.23. The van der Waals surface area contributed by atoms with Crippen LogP contribution in [0.2, 0.25) is 0 Å². The van der Waals surface area contributed by atoms with E-state index >= 15 is 0 Å². The van der Waals surface area contributed by atoms with Crippen LogP contribution in [0.1, 0.15) is 19.3 Å². The minimum Gasteiger partial charge on any atom is -0.416 e. The second-order valence-electron chi connectivity index (χ2n) is 2.73. The van der Waals surface area contributed by atoms with E-state index in [1.165, 1.54) is 0 Å². The van der Waals surface area contributed by atoms with Gasteiger partial charge in [-0.1, -0.05) is 0 Å². The summed E-state index contributed by atoms with van der Waals surface area (Å²) in [5, 5.41) is 10.1. The van der Waals surface area contributed by atoms with E-state index in [0.717, 1.165) is 19.3 Å². The van der Waals surface area contributed by atoms with Gasteiger partial charge in [0.1, 0.15) is 16.1 Å². The Morgan fingerprint density at radius 1 is 1.70 bits per heavy atom. The van der Waals surface area contributed by atoms with Gasteiger partial charge >= 0.3 is 0 Å². The highest BCUT2D eigenvalue weighted by Gasteiger charge is 2.41. The molecule has 0 aliphatic heterocycles. The first-order valence-corrected chi connectivity index (χ1v) is 4.17. The molecule has 0 aromatic carbocycles. The summed E-state index contributed by atoms with van der Waals surface area (Å²) >= 11 is 0. The Hall–Kier alpha value is -0.423. The molecule has 58 valence electrons. The van der Waals surface area contributed by atoms with Gasteiger partial charge < -0.3 is 4.43 Å². The molecule has 0 aromatic heterocycles. The molecule has 0 heterocycles. The number of nitro groups is 1. The molecule has 0 saturated heterocycles.